The van der Waals surface area contributed by atoms with Crippen molar-refractivity contribution in [3.8, 4) is 11.5 Å². The van der Waals surface area contributed by atoms with Gasteiger partial charge in [-0.1, -0.05) is 12.1 Å². The Morgan fingerprint density at radius 1 is 1.13 bits per heavy atom. The van der Waals surface area contributed by atoms with E-state index in [1.165, 1.54) is 23.5 Å². The quantitative estimate of drug-likeness (QED) is 0.672. The van der Waals surface area contributed by atoms with Gasteiger partial charge in [0.05, 0.1) is 30.6 Å². The maximum absolute atomic E-state index is 13.0. The van der Waals surface area contributed by atoms with E-state index in [9.17, 15) is 13.2 Å². The average Bonchev–Trinajstić information content (AvgIpc) is 2.79. The zero-order valence-electron chi connectivity index (χ0n) is 18.2. The largest absolute Gasteiger partial charge is 0.497 e. The van der Waals surface area contributed by atoms with Gasteiger partial charge in [0.25, 0.3) is 0 Å². The Balaban J connectivity index is 1.64. The van der Waals surface area contributed by atoms with Gasteiger partial charge in [0, 0.05) is 13.1 Å². The summed E-state index contributed by atoms with van der Waals surface area (Å²) in [6.07, 6.45) is 1.31. The predicted molar refractivity (Wildman–Crippen MR) is 119 cm³/mol. The lowest BCUT2D eigenvalue weighted by molar-refractivity contribution is -0.126. The highest BCUT2D eigenvalue weighted by Gasteiger charge is 2.33. The van der Waals surface area contributed by atoms with Crippen LogP contribution in [0.5, 0.6) is 11.5 Å². The van der Waals surface area contributed by atoms with Gasteiger partial charge in [-0.3, -0.25) is 4.79 Å². The first kappa shape index (κ1) is 23.1. The van der Waals surface area contributed by atoms with Crippen LogP contribution in [0.1, 0.15) is 38.3 Å². The number of nitrogens with one attached hydrogen (secondary N) is 1. The van der Waals surface area contributed by atoms with E-state index in [1.807, 2.05) is 38.1 Å². The van der Waals surface area contributed by atoms with Crippen LogP contribution >= 0.6 is 0 Å². The molecule has 31 heavy (non-hydrogen) atoms. The number of methoxy groups -OCH3 is 1. The Morgan fingerprint density at radius 2 is 1.77 bits per heavy atom. The van der Waals surface area contributed by atoms with Gasteiger partial charge in [-0.25, -0.2) is 8.42 Å². The molecule has 1 amide bonds. The van der Waals surface area contributed by atoms with Gasteiger partial charge >= 0.3 is 0 Å². The number of amides is 1. The number of sulfonamides is 1. The Bertz CT molecular complexity index is 974. The molecule has 0 bridgehead atoms. The summed E-state index contributed by atoms with van der Waals surface area (Å²) in [5.41, 5.74) is 0.968. The second-order valence-corrected chi connectivity index (χ2v) is 9.55. The molecule has 168 valence electrons. The second-order valence-electron chi connectivity index (χ2n) is 7.61. The Morgan fingerprint density at radius 3 is 2.39 bits per heavy atom. The summed E-state index contributed by atoms with van der Waals surface area (Å²) >= 11 is 0. The molecule has 1 saturated heterocycles. The molecule has 0 spiro atoms. The molecule has 0 radical (unpaired) electrons. The van der Waals surface area contributed by atoms with Crippen LogP contribution < -0.4 is 14.8 Å². The van der Waals surface area contributed by atoms with Crippen molar-refractivity contribution in [1.29, 1.82) is 0 Å². The third-order valence-electron chi connectivity index (χ3n) is 5.50. The zero-order valence-corrected chi connectivity index (χ0v) is 19.0. The molecule has 0 aromatic heterocycles. The Labute approximate surface area is 184 Å². The number of carbonyl (C=O) groups excluding carboxylic acids is 1. The third-order valence-corrected chi connectivity index (χ3v) is 7.38. The highest BCUT2D eigenvalue weighted by Crippen LogP contribution is 2.26. The highest BCUT2D eigenvalue weighted by molar-refractivity contribution is 7.89. The monoisotopic (exact) mass is 446 g/mol. The van der Waals surface area contributed by atoms with Crippen molar-refractivity contribution in [2.24, 2.45) is 5.92 Å². The van der Waals surface area contributed by atoms with Crippen LogP contribution in [0.15, 0.2) is 53.4 Å². The molecular weight excluding hydrogens is 416 g/mol. The van der Waals surface area contributed by atoms with Crippen LogP contribution in [0.2, 0.25) is 0 Å². The van der Waals surface area contributed by atoms with Crippen molar-refractivity contribution in [2.45, 2.75) is 37.6 Å². The van der Waals surface area contributed by atoms with Crippen molar-refractivity contribution in [3.05, 3.63) is 54.1 Å². The van der Waals surface area contributed by atoms with Crippen molar-refractivity contribution >= 4 is 15.9 Å². The number of nitrogens with zero attached hydrogens (tertiary/aromatic N) is 1. The Hall–Kier alpha value is -2.58. The first-order valence-electron chi connectivity index (χ1n) is 10.5. The number of hydrogen-bond donors (Lipinski definition) is 1. The van der Waals surface area contributed by atoms with Crippen LogP contribution in [-0.2, 0) is 14.8 Å². The van der Waals surface area contributed by atoms with E-state index in [0.717, 1.165) is 11.3 Å². The first-order chi connectivity index (χ1) is 14.8. The molecular formula is C23H30N2O5S. The lowest BCUT2D eigenvalue weighted by Crippen LogP contribution is -2.45. The molecule has 7 nitrogen and oxygen atoms in total. The topological polar surface area (TPSA) is 84.9 Å². The van der Waals surface area contributed by atoms with E-state index in [0.29, 0.717) is 31.7 Å². The molecule has 1 N–H and O–H groups in total. The summed E-state index contributed by atoms with van der Waals surface area (Å²) in [6.45, 7) is 5.04. The van der Waals surface area contributed by atoms with Gasteiger partial charge in [-0.05, 0) is 68.7 Å². The van der Waals surface area contributed by atoms with Crippen molar-refractivity contribution in [1.82, 2.24) is 9.62 Å². The number of carbonyl (C=O) groups is 1. The van der Waals surface area contributed by atoms with Gasteiger partial charge in [-0.15, -0.1) is 0 Å². The molecule has 0 aliphatic carbocycles. The van der Waals surface area contributed by atoms with E-state index in [-0.39, 0.29) is 29.3 Å². The van der Waals surface area contributed by atoms with E-state index in [2.05, 4.69) is 5.32 Å². The van der Waals surface area contributed by atoms with Crippen LogP contribution in [0.4, 0.5) is 0 Å². The number of hydrogen-bond acceptors (Lipinski definition) is 5. The standard InChI is InChI=1S/C23H30N2O5S/c1-4-30-21-9-7-18(8-10-21)17(2)24-23(26)19-6-5-15-25(16-19)31(27,28)22-13-11-20(29-3)12-14-22/h7-14,17,19H,4-6,15-16H2,1-3H3,(H,24,26)/t17-,19+/m0/s1. The van der Waals surface area contributed by atoms with Gasteiger partial charge in [0.2, 0.25) is 15.9 Å². The number of rotatable bonds is 8. The van der Waals surface area contributed by atoms with E-state index in [4.69, 9.17) is 9.47 Å². The van der Waals surface area contributed by atoms with Crippen LogP contribution in [0.3, 0.4) is 0 Å². The molecule has 2 atom stereocenters. The van der Waals surface area contributed by atoms with Crippen molar-refractivity contribution in [2.75, 3.05) is 26.8 Å². The van der Waals surface area contributed by atoms with E-state index < -0.39 is 10.0 Å². The van der Waals surface area contributed by atoms with Crippen LogP contribution in [0, 0.1) is 5.92 Å². The van der Waals surface area contributed by atoms with Gasteiger partial charge in [-0.2, -0.15) is 4.31 Å². The third kappa shape index (κ3) is 5.57. The molecule has 1 heterocycles. The predicted octanol–water partition coefficient (Wildman–Crippen LogP) is 3.37. The average molecular weight is 447 g/mol. The van der Waals surface area contributed by atoms with Crippen LogP contribution in [0.25, 0.3) is 0 Å². The fourth-order valence-corrected chi connectivity index (χ4v) is 5.23. The summed E-state index contributed by atoms with van der Waals surface area (Å²) in [7, 11) is -2.13. The minimum absolute atomic E-state index is 0.129. The summed E-state index contributed by atoms with van der Waals surface area (Å²) in [4.78, 5) is 13.1. The summed E-state index contributed by atoms with van der Waals surface area (Å²) < 4.78 is 38.0. The minimum atomic E-state index is -3.66. The zero-order chi connectivity index (χ0) is 22.4. The summed E-state index contributed by atoms with van der Waals surface area (Å²) in [6, 6.07) is 13.7. The van der Waals surface area contributed by atoms with Gasteiger partial charge < -0.3 is 14.8 Å². The molecule has 3 rings (SSSR count). The lowest BCUT2D eigenvalue weighted by atomic mass is 9.98. The maximum Gasteiger partial charge on any atom is 0.243 e. The van der Waals surface area contributed by atoms with E-state index >= 15 is 0 Å². The van der Waals surface area contributed by atoms with Gasteiger partial charge in [0.15, 0.2) is 0 Å². The second kappa shape index (κ2) is 10.2. The lowest BCUT2D eigenvalue weighted by Gasteiger charge is -2.32. The fourth-order valence-electron chi connectivity index (χ4n) is 3.71. The Kier molecular flexibility index (Phi) is 7.56. The SMILES string of the molecule is CCOc1ccc([C@H](C)NC(=O)[C@@H]2CCCN(S(=O)(=O)c3ccc(OC)cc3)C2)cc1. The minimum Gasteiger partial charge on any atom is -0.497 e. The van der Waals surface area contributed by atoms with Crippen molar-refractivity contribution < 1.29 is 22.7 Å². The normalized spacial score (nSPS) is 18.2. The molecule has 1 aliphatic rings. The molecule has 2 aromatic rings. The first-order valence-corrected chi connectivity index (χ1v) is 12.0. The summed E-state index contributed by atoms with van der Waals surface area (Å²) in [5.74, 6) is 0.873. The van der Waals surface area contributed by atoms with E-state index in [1.54, 1.807) is 12.1 Å². The number of ether oxygens (including phenoxy) is 2. The fraction of sp³-hybridized carbons (Fsp3) is 0.435. The van der Waals surface area contributed by atoms with Crippen LogP contribution in [-0.4, -0.2) is 45.4 Å². The molecule has 0 saturated carbocycles. The molecule has 1 fully saturated rings. The molecule has 1 aliphatic heterocycles. The maximum atomic E-state index is 13.0. The smallest absolute Gasteiger partial charge is 0.243 e. The number of piperidine rings is 1. The molecule has 2 aromatic carbocycles. The molecule has 8 heteroatoms. The van der Waals surface area contributed by atoms with Gasteiger partial charge in [0.1, 0.15) is 11.5 Å². The highest BCUT2D eigenvalue weighted by atomic mass is 32.2. The summed E-state index contributed by atoms with van der Waals surface area (Å²) in [5, 5.41) is 3.03. The number of benzene rings is 2. The molecule has 0 unspecified atom stereocenters. The van der Waals surface area contributed by atoms with Crippen molar-refractivity contribution in [3.63, 3.8) is 0 Å².